The molecular formula is C23H37N3O2. The Kier molecular flexibility index (Phi) is 8.05. The first-order valence-corrected chi connectivity index (χ1v) is 10.6. The van der Waals surface area contributed by atoms with Crippen molar-refractivity contribution in [1.82, 2.24) is 15.5 Å². The Labute approximate surface area is 170 Å². The van der Waals surface area contributed by atoms with Crippen LogP contribution in [0, 0.1) is 11.8 Å². The minimum absolute atomic E-state index is 0.0609. The summed E-state index contributed by atoms with van der Waals surface area (Å²) in [4.78, 5) is 28.0. The van der Waals surface area contributed by atoms with E-state index in [4.69, 9.17) is 0 Å². The molecule has 2 N–H and O–H groups in total. The molecule has 1 aliphatic heterocycles. The van der Waals surface area contributed by atoms with Crippen LogP contribution in [0.3, 0.4) is 0 Å². The van der Waals surface area contributed by atoms with E-state index < -0.39 is 6.04 Å². The number of carbonyl (C=O) groups is 2. The minimum Gasteiger partial charge on any atom is -0.352 e. The zero-order chi connectivity index (χ0) is 20.7. The number of rotatable bonds is 8. The van der Waals surface area contributed by atoms with Gasteiger partial charge >= 0.3 is 0 Å². The van der Waals surface area contributed by atoms with E-state index in [9.17, 15) is 9.59 Å². The Bertz CT molecular complexity index is 645. The summed E-state index contributed by atoms with van der Waals surface area (Å²) in [6.45, 7) is 13.4. The SMILES string of the molecule is CCC(C)C(NC(=O)c1ccccc1)C(=O)NCC(C)(C)N1CCCC(C)C1. The van der Waals surface area contributed by atoms with E-state index in [1.807, 2.05) is 32.0 Å². The van der Waals surface area contributed by atoms with Crippen molar-refractivity contribution in [2.75, 3.05) is 19.6 Å². The molecular weight excluding hydrogens is 350 g/mol. The Hall–Kier alpha value is -1.88. The third-order valence-electron chi connectivity index (χ3n) is 6.03. The molecule has 28 heavy (non-hydrogen) atoms. The molecule has 0 aliphatic carbocycles. The smallest absolute Gasteiger partial charge is 0.251 e. The quantitative estimate of drug-likeness (QED) is 0.718. The van der Waals surface area contributed by atoms with Crippen LogP contribution in [0.5, 0.6) is 0 Å². The lowest BCUT2D eigenvalue weighted by Crippen LogP contribution is -2.57. The first-order chi connectivity index (χ1) is 13.2. The molecule has 1 aromatic carbocycles. The molecule has 0 radical (unpaired) electrons. The Morgan fingerprint density at radius 1 is 1.25 bits per heavy atom. The van der Waals surface area contributed by atoms with Crippen LogP contribution >= 0.6 is 0 Å². The zero-order valence-electron chi connectivity index (χ0n) is 18.1. The maximum atomic E-state index is 13.0. The molecule has 3 atom stereocenters. The van der Waals surface area contributed by atoms with Crippen molar-refractivity contribution in [3.8, 4) is 0 Å². The average Bonchev–Trinajstić information content (AvgIpc) is 2.70. The highest BCUT2D eigenvalue weighted by Crippen LogP contribution is 2.23. The van der Waals surface area contributed by atoms with Crippen molar-refractivity contribution in [3.63, 3.8) is 0 Å². The summed E-state index contributed by atoms with van der Waals surface area (Å²) in [6.07, 6.45) is 3.31. The number of hydrogen-bond acceptors (Lipinski definition) is 3. The van der Waals surface area contributed by atoms with E-state index in [0.717, 1.165) is 19.5 Å². The second kappa shape index (κ2) is 10.1. The predicted molar refractivity (Wildman–Crippen MR) is 114 cm³/mol. The second-order valence-electron chi connectivity index (χ2n) is 8.93. The van der Waals surface area contributed by atoms with Gasteiger partial charge in [0.05, 0.1) is 0 Å². The van der Waals surface area contributed by atoms with Gasteiger partial charge in [0.25, 0.3) is 5.91 Å². The average molecular weight is 388 g/mol. The highest BCUT2D eigenvalue weighted by atomic mass is 16.2. The van der Waals surface area contributed by atoms with Gasteiger partial charge in [-0.3, -0.25) is 14.5 Å². The topological polar surface area (TPSA) is 61.4 Å². The van der Waals surface area contributed by atoms with Crippen LogP contribution in [-0.2, 0) is 4.79 Å². The highest BCUT2D eigenvalue weighted by molar-refractivity contribution is 5.97. The summed E-state index contributed by atoms with van der Waals surface area (Å²) in [6, 6.07) is 8.53. The molecule has 1 aromatic rings. The lowest BCUT2D eigenvalue weighted by atomic mass is 9.93. The molecule has 0 aromatic heterocycles. The fourth-order valence-corrected chi connectivity index (χ4v) is 3.78. The third-order valence-corrected chi connectivity index (χ3v) is 6.03. The van der Waals surface area contributed by atoms with E-state index in [-0.39, 0.29) is 23.3 Å². The van der Waals surface area contributed by atoms with E-state index >= 15 is 0 Å². The summed E-state index contributed by atoms with van der Waals surface area (Å²) in [5, 5.41) is 6.05. The number of benzene rings is 1. The first-order valence-electron chi connectivity index (χ1n) is 10.6. The molecule has 1 aliphatic rings. The van der Waals surface area contributed by atoms with Crippen molar-refractivity contribution < 1.29 is 9.59 Å². The zero-order valence-corrected chi connectivity index (χ0v) is 18.1. The summed E-state index contributed by atoms with van der Waals surface area (Å²) in [5.74, 6) is 0.453. The van der Waals surface area contributed by atoms with Crippen LogP contribution < -0.4 is 10.6 Å². The molecule has 5 nitrogen and oxygen atoms in total. The second-order valence-corrected chi connectivity index (χ2v) is 8.93. The Balaban J connectivity index is 1.99. The lowest BCUT2D eigenvalue weighted by Gasteiger charge is -2.43. The van der Waals surface area contributed by atoms with Crippen LogP contribution in [-0.4, -0.2) is 47.9 Å². The molecule has 5 heteroatoms. The number of likely N-dealkylation sites (tertiary alicyclic amines) is 1. The summed E-state index contributed by atoms with van der Waals surface area (Å²) in [7, 11) is 0. The van der Waals surface area contributed by atoms with Gasteiger partial charge in [-0.05, 0) is 57.2 Å². The summed E-state index contributed by atoms with van der Waals surface area (Å²) < 4.78 is 0. The number of nitrogens with one attached hydrogen (secondary N) is 2. The molecule has 3 unspecified atom stereocenters. The molecule has 1 fully saturated rings. The Morgan fingerprint density at radius 2 is 1.93 bits per heavy atom. The maximum absolute atomic E-state index is 13.0. The molecule has 1 saturated heterocycles. The van der Waals surface area contributed by atoms with Gasteiger partial charge in [-0.2, -0.15) is 0 Å². The van der Waals surface area contributed by atoms with E-state index in [0.29, 0.717) is 18.0 Å². The lowest BCUT2D eigenvalue weighted by molar-refractivity contribution is -0.124. The summed E-state index contributed by atoms with van der Waals surface area (Å²) >= 11 is 0. The summed E-state index contributed by atoms with van der Waals surface area (Å²) in [5.41, 5.74) is 0.472. The molecule has 0 saturated carbocycles. The van der Waals surface area contributed by atoms with E-state index in [1.165, 1.54) is 12.8 Å². The molecule has 2 rings (SSSR count). The molecule has 2 amide bonds. The van der Waals surface area contributed by atoms with Crippen molar-refractivity contribution >= 4 is 11.8 Å². The fraction of sp³-hybridized carbons (Fsp3) is 0.652. The van der Waals surface area contributed by atoms with Crippen LogP contribution in [0.25, 0.3) is 0 Å². The highest BCUT2D eigenvalue weighted by Gasteiger charge is 2.32. The van der Waals surface area contributed by atoms with Gasteiger partial charge in [-0.1, -0.05) is 45.4 Å². The van der Waals surface area contributed by atoms with E-state index in [1.54, 1.807) is 12.1 Å². The van der Waals surface area contributed by atoms with E-state index in [2.05, 4.69) is 36.3 Å². The number of nitrogens with zero attached hydrogens (tertiary/aromatic N) is 1. The predicted octanol–water partition coefficient (Wildman–Crippen LogP) is 3.46. The number of hydrogen-bond donors (Lipinski definition) is 2. The van der Waals surface area contributed by atoms with Crippen molar-refractivity contribution in [3.05, 3.63) is 35.9 Å². The number of amides is 2. The molecule has 0 spiro atoms. The standard InChI is InChI=1S/C23H37N3O2/c1-6-18(3)20(25-21(27)19-12-8-7-9-13-19)22(28)24-16-23(4,5)26-14-10-11-17(2)15-26/h7-9,12-13,17-18,20H,6,10-11,14-16H2,1-5H3,(H,24,28)(H,25,27). The van der Waals surface area contributed by atoms with Crippen molar-refractivity contribution in [2.45, 2.75) is 65.5 Å². The molecule has 0 bridgehead atoms. The number of piperidine rings is 1. The van der Waals surface area contributed by atoms with Gasteiger partial charge in [0.2, 0.25) is 5.91 Å². The number of carbonyl (C=O) groups excluding carboxylic acids is 2. The van der Waals surface area contributed by atoms with Gasteiger partial charge in [-0.15, -0.1) is 0 Å². The fourth-order valence-electron chi connectivity index (χ4n) is 3.78. The van der Waals surface area contributed by atoms with Crippen LogP contribution in [0.15, 0.2) is 30.3 Å². The molecule has 156 valence electrons. The monoisotopic (exact) mass is 387 g/mol. The Morgan fingerprint density at radius 3 is 2.54 bits per heavy atom. The largest absolute Gasteiger partial charge is 0.352 e. The minimum atomic E-state index is -0.534. The van der Waals surface area contributed by atoms with Crippen LogP contribution in [0.1, 0.15) is 64.2 Å². The van der Waals surface area contributed by atoms with Gasteiger partial charge in [0, 0.05) is 24.2 Å². The van der Waals surface area contributed by atoms with Gasteiger partial charge in [0.1, 0.15) is 6.04 Å². The molecule has 1 heterocycles. The maximum Gasteiger partial charge on any atom is 0.251 e. The van der Waals surface area contributed by atoms with Crippen LogP contribution in [0.2, 0.25) is 0 Å². The van der Waals surface area contributed by atoms with Crippen LogP contribution in [0.4, 0.5) is 0 Å². The normalized spacial score (nSPS) is 20.2. The van der Waals surface area contributed by atoms with Crippen molar-refractivity contribution in [1.29, 1.82) is 0 Å². The van der Waals surface area contributed by atoms with Gasteiger partial charge in [0.15, 0.2) is 0 Å². The third kappa shape index (κ3) is 6.06. The van der Waals surface area contributed by atoms with Gasteiger partial charge < -0.3 is 10.6 Å². The van der Waals surface area contributed by atoms with Crippen molar-refractivity contribution in [2.24, 2.45) is 11.8 Å². The first kappa shape index (κ1) is 22.4. The van der Waals surface area contributed by atoms with Gasteiger partial charge in [-0.25, -0.2) is 0 Å².